The molecule has 0 aromatic carbocycles. The van der Waals surface area contributed by atoms with Crippen LogP contribution in [0.2, 0.25) is 0 Å². The summed E-state index contributed by atoms with van der Waals surface area (Å²) in [5, 5.41) is 0. The number of rotatable bonds is 3. The average molecular weight is 267 g/mol. The van der Waals surface area contributed by atoms with Gasteiger partial charge in [-0.2, -0.15) is 0 Å². The maximum absolute atomic E-state index is 6.22. The highest BCUT2D eigenvalue weighted by atomic mass is 15.3. The lowest BCUT2D eigenvalue weighted by Gasteiger charge is -2.52. The molecule has 0 aromatic rings. The molecule has 2 N–H and O–H groups in total. The Balaban J connectivity index is 1.99. The standard InChI is InChI=1S/C16H33N3/c1-13(2)18-7-9-19(10-8-18)16(12-17)6-5-14(3)15(4)11-16/h13-15H,5-12,17H2,1-4H3. The molecule has 19 heavy (non-hydrogen) atoms. The van der Waals surface area contributed by atoms with Crippen LogP contribution in [0.25, 0.3) is 0 Å². The molecule has 0 bridgehead atoms. The van der Waals surface area contributed by atoms with Crippen LogP contribution in [0.15, 0.2) is 0 Å². The SMILES string of the molecule is CC1CCC(CN)(N2CCN(C(C)C)CC2)CC1C. The minimum Gasteiger partial charge on any atom is -0.329 e. The van der Waals surface area contributed by atoms with Gasteiger partial charge in [-0.3, -0.25) is 9.80 Å². The quantitative estimate of drug-likeness (QED) is 0.850. The van der Waals surface area contributed by atoms with Crippen molar-refractivity contribution in [2.45, 2.75) is 58.5 Å². The first-order valence-corrected chi connectivity index (χ1v) is 8.17. The monoisotopic (exact) mass is 267 g/mol. The predicted octanol–water partition coefficient (Wildman–Crippen LogP) is 2.17. The molecule has 0 radical (unpaired) electrons. The lowest BCUT2D eigenvalue weighted by atomic mass is 9.70. The summed E-state index contributed by atoms with van der Waals surface area (Å²) in [6, 6.07) is 0.682. The van der Waals surface area contributed by atoms with Gasteiger partial charge in [0, 0.05) is 44.3 Å². The fourth-order valence-corrected chi connectivity index (χ4v) is 4.00. The summed E-state index contributed by atoms with van der Waals surface area (Å²) < 4.78 is 0. The minimum absolute atomic E-state index is 0.301. The van der Waals surface area contributed by atoms with Crippen molar-refractivity contribution < 1.29 is 0 Å². The minimum atomic E-state index is 0.301. The molecule has 1 saturated heterocycles. The molecule has 3 nitrogen and oxygen atoms in total. The van der Waals surface area contributed by atoms with E-state index in [1.54, 1.807) is 0 Å². The number of piperazine rings is 1. The molecule has 2 fully saturated rings. The van der Waals surface area contributed by atoms with Crippen LogP contribution in [0.1, 0.15) is 47.0 Å². The van der Waals surface area contributed by atoms with Crippen LogP contribution in [0.3, 0.4) is 0 Å². The Morgan fingerprint density at radius 1 is 1.11 bits per heavy atom. The van der Waals surface area contributed by atoms with Crippen molar-refractivity contribution in [3.05, 3.63) is 0 Å². The number of hydrogen-bond donors (Lipinski definition) is 1. The smallest absolute Gasteiger partial charge is 0.0335 e. The third kappa shape index (κ3) is 3.14. The Morgan fingerprint density at radius 3 is 2.21 bits per heavy atom. The topological polar surface area (TPSA) is 32.5 Å². The zero-order chi connectivity index (χ0) is 14.0. The highest BCUT2D eigenvalue weighted by Crippen LogP contribution is 2.39. The van der Waals surface area contributed by atoms with Gasteiger partial charge in [0.05, 0.1) is 0 Å². The molecule has 1 aliphatic heterocycles. The van der Waals surface area contributed by atoms with Crippen molar-refractivity contribution in [3.8, 4) is 0 Å². The molecule has 1 saturated carbocycles. The van der Waals surface area contributed by atoms with Crippen molar-refractivity contribution in [2.24, 2.45) is 17.6 Å². The zero-order valence-electron chi connectivity index (χ0n) is 13.4. The van der Waals surface area contributed by atoms with Gasteiger partial charge in [-0.25, -0.2) is 0 Å². The third-order valence-corrected chi connectivity index (χ3v) is 5.83. The maximum Gasteiger partial charge on any atom is 0.0335 e. The third-order valence-electron chi connectivity index (χ3n) is 5.83. The van der Waals surface area contributed by atoms with E-state index in [1.165, 1.54) is 45.4 Å². The van der Waals surface area contributed by atoms with Gasteiger partial charge in [0.25, 0.3) is 0 Å². The lowest BCUT2D eigenvalue weighted by molar-refractivity contribution is -0.0164. The van der Waals surface area contributed by atoms with Crippen LogP contribution < -0.4 is 5.73 Å². The maximum atomic E-state index is 6.22. The van der Waals surface area contributed by atoms with E-state index in [-0.39, 0.29) is 0 Å². The number of nitrogens with zero attached hydrogens (tertiary/aromatic N) is 2. The van der Waals surface area contributed by atoms with Gasteiger partial charge >= 0.3 is 0 Å². The molecule has 1 aliphatic carbocycles. The first-order chi connectivity index (χ1) is 8.98. The van der Waals surface area contributed by atoms with Crippen LogP contribution in [0, 0.1) is 11.8 Å². The van der Waals surface area contributed by atoms with E-state index in [0.29, 0.717) is 11.6 Å². The summed E-state index contributed by atoms with van der Waals surface area (Å²) in [5.41, 5.74) is 6.52. The molecular formula is C16H33N3. The Morgan fingerprint density at radius 2 is 1.74 bits per heavy atom. The van der Waals surface area contributed by atoms with Crippen LogP contribution in [-0.4, -0.2) is 54.1 Å². The number of hydrogen-bond acceptors (Lipinski definition) is 3. The predicted molar refractivity (Wildman–Crippen MR) is 82.2 cm³/mol. The van der Waals surface area contributed by atoms with Crippen molar-refractivity contribution in [1.29, 1.82) is 0 Å². The van der Waals surface area contributed by atoms with Crippen LogP contribution in [0.5, 0.6) is 0 Å². The second-order valence-electron chi connectivity index (χ2n) is 7.24. The second-order valence-corrected chi connectivity index (χ2v) is 7.24. The second kappa shape index (κ2) is 6.11. The molecule has 0 amide bonds. The summed E-state index contributed by atoms with van der Waals surface area (Å²) in [7, 11) is 0. The molecule has 3 heteroatoms. The van der Waals surface area contributed by atoms with E-state index < -0.39 is 0 Å². The molecule has 3 atom stereocenters. The summed E-state index contributed by atoms with van der Waals surface area (Å²) in [5.74, 6) is 1.69. The van der Waals surface area contributed by atoms with Gasteiger partial charge in [-0.15, -0.1) is 0 Å². The van der Waals surface area contributed by atoms with Crippen molar-refractivity contribution >= 4 is 0 Å². The van der Waals surface area contributed by atoms with E-state index in [2.05, 4.69) is 37.5 Å². The van der Waals surface area contributed by atoms with Crippen molar-refractivity contribution in [2.75, 3.05) is 32.7 Å². The van der Waals surface area contributed by atoms with Crippen LogP contribution >= 0.6 is 0 Å². The van der Waals surface area contributed by atoms with Gasteiger partial charge in [0.1, 0.15) is 0 Å². The van der Waals surface area contributed by atoms with Crippen LogP contribution in [-0.2, 0) is 0 Å². The first-order valence-electron chi connectivity index (χ1n) is 8.17. The van der Waals surface area contributed by atoms with E-state index in [0.717, 1.165) is 18.4 Å². The molecule has 0 aromatic heterocycles. The van der Waals surface area contributed by atoms with Gasteiger partial charge in [0.2, 0.25) is 0 Å². The number of nitrogens with two attached hydrogens (primary N) is 1. The van der Waals surface area contributed by atoms with E-state index in [1.807, 2.05) is 0 Å². The van der Waals surface area contributed by atoms with Gasteiger partial charge < -0.3 is 5.73 Å². The largest absolute Gasteiger partial charge is 0.329 e. The Hall–Kier alpha value is -0.120. The summed E-state index contributed by atoms with van der Waals surface area (Å²) >= 11 is 0. The van der Waals surface area contributed by atoms with Gasteiger partial charge in [-0.1, -0.05) is 13.8 Å². The Kier molecular flexibility index (Phi) is 4.91. The van der Waals surface area contributed by atoms with E-state index in [9.17, 15) is 0 Å². The highest BCUT2D eigenvalue weighted by molar-refractivity contribution is 4.99. The van der Waals surface area contributed by atoms with Crippen molar-refractivity contribution in [1.82, 2.24) is 9.80 Å². The summed E-state index contributed by atoms with van der Waals surface area (Å²) in [6.07, 6.45) is 3.95. The Labute approximate surface area is 119 Å². The van der Waals surface area contributed by atoms with Crippen LogP contribution in [0.4, 0.5) is 0 Å². The highest BCUT2D eigenvalue weighted by Gasteiger charge is 2.42. The average Bonchev–Trinajstić information content (AvgIpc) is 2.42. The lowest BCUT2D eigenvalue weighted by Crippen LogP contribution is -2.62. The normalized spacial score (nSPS) is 38.8. The molecule has 1 heterocycles. The fraction of sp³-hybridized carbons (Fsp3) is 1.00. The molecule has 0 spiro atoms. The fourth-order valence-electron chi connectivity index (χ4n) is 4.00. The summed E-state index contributed by atoms with van der Waals surface area (Å²) in [4.78, 5) is 5.31. The summed E-state index contributed by atoms with van der Waals surface area (Å²) in [6.45, 7) is 15.1. The molecule has 2 aliphatic rings. The molecule has 2 rings (SSSR count). The van der Waals surface area contributed by atoms with E-state index in [4.69, 9.17) is 5.73 Å². The zero-order valence-corrected chi connectivity index (χ0v) is 13.4. The molecule has 112 valence electrons. The first kappa shape index (κ1) is 15.3. The molecule has 3 unspecified atom stereocenters. The van der Waals surface area contributed by atoms with E-state index >= 15 is 0 Å². The van der Waals surface area contributed by atoms with Gasteiger partial charge in [0.15, 0.2) is 0 Å². The molecular weight excluding hydrogens is 234 g/mol. The van der Waals surface area contributed by atoms with Crippen molar-refractivity contribution in [3.63, 3.8) is 0 Å². The van der Waals surface area contributed by atoms with Gasteiger partial charge in [-0.05, 0) is 44.9 Å². The Bertz CT molecular complexity index is 284.